The molecule has 1 aliphatic heterocycles. The molecule has 1 aromatic rings. The summed E-state index contributed by atoms with van der Waals surface area (Å²) >= 11 is 5.80. The van der Waals surface area contributed by atoms with Gasteiger partial charge in [0.2, 0.25) is 0 Å². The van der Waals surface area contributed by atoms with Gasteiger partial charge in [-0.2, -0.15) is 13.2 Å². The normalized spacial score (nSPS) is 20.5. The Balaban J connectivity index is 0.00000208. The molecule has 1 saturated heterocycles. The highest BCUT2D eigenvalue weighted by Crippen LogP contribution is 2.45. The molecule has 0 spiro atoms. The van der Waals surface area contributed by atoms with E-state index in [1.165, 1.54) is 0 Å². The highest BCUT2D eigenvalue weighted by molar-refractivity contribution is 6.30. The zero-order valence-corrected chi connectivity index (χ0v) is 14.6. The van der Waals surface area contributed by atoms with E-state index in [0.717, 1.165) is 25.0 Å². The molecule has 0 bridgehead atoms. The first-order valence-corrected chi connectivity index (χ1v) is 8.25. The average molecular weight is 387 g/mol. The molecule has 1 saturated carbocycles. The van der Waals surface area contributed by atoms with Crippen molar-refractivity contribution in [1.82, 2.24) is 10.2 Å². The summed E-state index contributed by atoms with van der Waals surface area (Å²) in [6.07, 6.45) is -2.02. The van der Waals surface area contributed by atoms with Crippen LogP contribution in [-0.2, 0) is 6.18 Å². The summed E-state index contributed by atoms with van der Waals surface area (Å²) in [5.41, 5.74) is -1.18. The molecule has 0 radical (unpaired) electrons. The van der Waals surface area contributed by atoms with Crippen LogP contribution in [0, 0.1) is 11.7 Å². The van der Waals surface area contributed by atoms with E-state index in [-0.39, 0.29) is 23.0 Å². The maximum Gasteiger partial charge on any atom is 0.416 e. The van der Waals surface area contributed by atoms with Gasteiger partial charge in [0.15, 0.2) is 0 Å². The van der Waals surface area contributed by atoms with Crippen LogP contribution in [0.4, 0.5) is 17.6 Å². The Bertz CT molecular complexity index is 570. The summed E-state index contributed by atoms with van der Waals surface area (Å²) in [6.45, 7) is 2.62. The molecule has 2 aliphatic rings. The van der Waals surface area contributed by atoms with Gasteiger partial charge in [-0.3, -0.25) is 4.90 Å². The fourth-order valence-corrected chi connectivity index (χ4v) is 3.42. The summed E-state index contributed by atoms with van der Waals surface area (Å²) < 4.78 is 54.8. The van der Waals surface area contributed by atoms with E-state index in [1.807, 2.05) is 4.90 Å². The number of alkyl halides is 3. The smallest absolute Gasteiger partial charge is 0.314 e. The van der Waals surface area contributed by atoms with Crippen molar-refractivity contribution >= 4 is 24.0 Å². The number of piperazine rings is 1. The van der Waals surface area contributed by atoms with Crippen molar-refractivity contribution in [2.45, 2.75) is 31.5 Å². The lowest BCUT2D eigenvalue weighted by molar-refractivity contribution is -0.139. The predicted octanol–water partition coefficient (Wildman–Crippen LogP) is 4.67. The van der Waals surface area contributed by atoms with Gasteiger partial charge in [-0.1, -0.05) is 24.4 Å². The molecule has 3 rings (SSSR count). The first-order valence-electron chi connectivity index (χ1n) is 7.88. The van der Waals surface area contributed by atoms with Gasteiger partial charge < -0.3 is 5.32 Å². The van der Waals surface area contributed by atoms with Crippen LogP contribution in [0.3, 0.4) is 0 Å². The molecule has 1 atom stereocenters. The van der Waals surface area contributed by atoms with Crippen molar-refractivity contribution in [2.75, 3.05) is 26.2 Å². The highest BCUT2D eigenvalue weighted by atomic mass is 35.5. The lowest BCUT2D eigenvalue weighted by Gasteiger charge is -2.36. The lowest BCUT2D eigenvalue weighted by Crippen LogP contribution is -2.45. The fourth-order valence-electron chi connectivity index (χ4n) is 3.25. The highest BCUT2D eigenvalue weighted by Gasteiger charge is 2.41. The Kier molecular flexibility index (Phi) is 6.40. The third-order valence-electron chi connectivity index (χ3n) is 4.62. The van der Waals surface area contributed by atoms with E-state index >= 15 is 0 Å². The molecule has 1 N–H and O–H groups in total. The van der Waals surface area contributed by atoms with Gasteiger partial charge in [-0.15, -0.1) is 12.4 Å². The van der Waals surface area contributed by atoms with Crippen LogP contribution in [0.25, 0.3) is 0 Å². The minimum absolute atomic E-state index is 0. The SMILES string of the molecule is Cl.Fc1c(Cl)ccc(C(F)(F)F)c1[C@@H](CC1CC1)N1CCNCC1. The standard InChI is InChI=1S/C16H19ClF4N2.ClH/c17-12-4-3-11(16(19,20)21)14(15(12)18)13(9-10-1-2-10)23-7-5-22-6-8-23;/h3-4,10,13,22H,1-2,5-9H2;1H/t13-;/m1./s1. The molecule has 1 aliphatic carbocycles. The molecule has 2 nitrogen and oxygen atoms in total. The topological polar surface area (TPSA) is 15.3 Å². The van der Waals surface area contributed by atoms with Gasteiger partial charge in [0.05, 0.1) is 10.6 Å². The molecular formula is C16H20Cl2F4N2. The van der Waals surface area contributed by atoms with Crippen molar-refractivity contribution in [2.24, 2.45) is 5.92 Å². The van der Waals surface area contributed by atoms with Crippen molar-refractivity contribution < 1.29 is 17.6 Å². The first kappa shape index (κ1) is 19.8. The monoisotopic (exact) mass is 386 g/mol. The third kappa shape index (κ3) is 4.34. The molecule has 0 amide bonds. The Morgan fingerprint density at radius 3 is 2.38 bits per heavy atom. The Hall–Kier alpha value is -0.560. The second-order valence-corrected chi connectivity index (χ2v) is 6.71. The zero-order valence-electron chi connectivity index (χ0n) is 13.0. The van der Waals surface area contributed by atoms with Crippen LogP contribution in [0.2, 0.25) is 5.02 Å². The molecule has 136 valence electrons. The zero-order chi connectivity index (χ0) is 16.6. The molecule has 1 aromatic carbocycles. The van der Waals surface area contributed by atoms with Crippen LogP contribution in [0.1, 0.15) is 36.4 Å². The minimum atomic E-state index is -4.59. The summed E-state index contributed by atoms with van der Waals surface area (Å²) in [5.74, 6) is -0.542. The molecule has 1 heterocycles. The average Bonchev–Trinajstić information content (AvgIpc) is 3.32. The van der Waals surface area contributed by atoms with Crippen molar-refractivity contribution in [3.63, 3.8) is 0 Å². The van der Waals surface area contributed by atoms with Crippen LogP contribution in [0.15, 0.2) is 12.1 Å². The quantitative estimate of drug-likeness (QED) is 0.756. The second-order valence-electron chi connectivity index (χ2n) is 6.30. The summed E-state index contributed by atoms with van der Waals surface area (Å²) in [6, 6.07) is 1.33. The first-order chi connectivity index (χ1) is 10.9. The number of nitrogens with zero attached hydrogens (tertiary/aromatic N) is 1. The lowest BCUT2D eigenvalue weighted by atomic mass is 9.93. The van der Waals surface area contributed by atoms with Gasteiger partial charge in [-0.05, 0) is 24.5 Å². The third-order valence-corrected chi connectivity index (χ3v) is 4.91. The number of benzene rings is 1. The van der Waals surface area contributed by atoms with Gasteiger partial charge in [0.25, 0.3) is 0 Å². The molecule has 0 unspecified atom stereocenters. The fraction of sp³-hybridized carbons (Fsp3) is 0.625. The molecule has 2 fully saturated rings. The summed E-state index contributed by atoms with van der Waals surface area (Å²) in [5, 5.41) is 2.93. The predicted molar refractivity (Wildman–Crippen MR) is 88.2 cm³/mol. The maximum atomic E-state index is 14.6. The van der Waals surface area contributed by atoms with E-state index in [2.05, 4.69) is 5.32 Å². The number of hydrogen-bond donors (Lipinski definition) is 1. The Morgan fingerprint density at radius 1 is 1.21 bits per heavy atom. The Morgan fingerprint density at radius 2 is 1.83 bits per heavy atom. The largest absolute Gasteiger partial charge is 0.416 e. The van der Waals surface area contributed by atoms with E-state index in [9.17, 15) is 17.6 Å². The summed E-state index contributed by atoms with van der Waals surface area (Å²) in [4.78, 5) is 1.96. The molecule has 0 aromatic heterocycles. The van der Waals surface area contributed by atoms with E-state index < -0.39 is 23.6 Å². The van der Waals surface area contributed by atoms with E-state index in [0.29, 0.717) is 38.5 Å². The number of nitrogens with one attached hydrogen (secondary N) is 1. The summed E-state index contributed by atoms with van der Waals surface area (Å²) in [7, 11) is 0. The maximum absolute atomic E-state index is 14.6. The van der Waals surface area contributed by atoms with Gasteiger partial charge in [0, 0.05) is 37.8 Å². The number of rotatable bonds is 4. The second kappa shape index (κ2) is 7.77. The minimum Gasteiger partial charge on any atom is -0.314 e. The van der Waals surface area contributed by atoms with Gasteiger partial charge in [-0.25, -0.2) is 4.39 Å². The van der Waals surface area contributed by atoms with Crippen LogP contribution in [0.5, 0.6) is 0 Å². The van der Waals surface area contributed by atoms with E-state index in [1.54, 1.807) is 0 Å². The van der Waals surface area contributed by atoms with E-state index in [4.69, 9.17) is 11.6 Å². The molecule has 8 heteroatoms. The Labute approximate surface area is 149 Å². The van der Waals surface area contributed by atoms with Crippen LogP contribution in [-0.4, -0.2) is 31.1 Å². The number of halogens is 6. The van der Waals surface area contributed by atoms with Gasteiger partial charge in [0.1, 0.15) is 5.82 Å². The van der Waals surface area contributed by atoms with Crippen LogP contribution >= 0.6 is 24.0 Å². The molecular weight excluding hydrogens is 367 g/mol. The van der Waals surface area contributed by atoms with Crippen molar-refractivity contribution in [3.8, 4) is 0 Å². The molecule has 24 heavy (non-hydrogen) atoms. The number of hydrogen-bond acceptors (Lipinski definition) is 2. The van der Waals surface area contributed by atoms with Crippen molar-refractivity contribution in [3.05, 3.63) is 34.1 Å². The van der Waals surface area contributed by atoms with Crippen LogP contribution < -0.4 is 5.32 Å². The van der Waals surface area contributed by atoms with Gasteiger partial charge >= 0.3 is 6.18 Å². The van der Waals surface area contributed by atoms with Crippen molar-refractivity contribution in [1.29, 1.82) is 0 Å².